The monoisotopic (exact) mass is 278 g/mol. The molecule has 2 aromatic rings. The Morgan fingerprint density at radius 3 is 1.78 bits per heavy atom. The predicted molar refractivity (Wildman–Crippen MR) is 54.9 cm³/mol. The van der Waals surface area contributed by atoms with E-state index in [9.17, 15) is 26.7 Å². The summed E-state index contributed by atoms with van der Waals surface area (Å²) in [6, 6.07) is 2.34. The van der Waals surface area contributed by atoms with E-state index in [-0.39, 0.29) is 9.75 Å². The first-order valence-electron chi connectivity index (χ1n) is 4.54. The van der Waals surface area contributed by atoms with Crippen LogP contribution in [0.4, 0.5) is 22.0 Å². The number of carbonyl (C=O) groups excluding carboxylic acids is 1. The van der Waals surface area contributed by atoms with Crippen LogP contribution in [0.3, 0.4) is 0 Å². The van der Waals surface area contributed by atoms with Crippen molar-refractivity contribution < 1.29 is 26.7 Å². The van der Waals surface area contributed by atoms with Crippen LogP contribution in [0.15, 0.2) is 12.1 Å². The van der Waals surface area contributed by atoms with Gasteiger partial charge in [0.1, 0.15) is 0 Å². The third-order valence-electron chi connectivity index (χ3n) is 2.20. The Kier molecular flexibility index (Phi) is 3.16. The van der Waals surface area contributed by atoms with Crippen molar-refractivity contribution in [1.82, 2.24) is 0 Å². The number of benzene rings is 1. The molecule has 0 spiro atoms. The molecule has 0 aliphatic carbocycles. The van der Waals surface area contributed by atoms with Crippen molar-refractivity contribution in [3.8, 4) is 10.4 Å². The Bertz CT molecular complexity index is 606. The van der Waals surface area contributed by atoms with Crippen molar-refractivity contribution in [1.29, 1.82) is 0 Å². The molecule has 0 fully saturated rings. The second-order valence-corrected chi connectivity index (χ2v) is 4.38. The molecule has 1 heterocycles. The van der Waals surface area contributed by atoms with Gasteiger partial charge in [-0.1, -0.05) is 0 Å². The fourth-order valence-corrected chi connectivity index (χ4v) is 2.23. The lowest BCUT2D eigenvalue weighted by atomic mass is 10.1. The van der Waals surface area contributed by atoms with Crippen molar-refractivity contribution in [2.75, 3.05) is 0 Å². The Balaban J connectivity index is 2.75. The molecular formula is C11H3F5OS. The summed E-state index contributed by atoms with van der Waals surface area (Å²) in [4.78, 5) is 10.3. The number of hydrogen-bond acceptors (Lipinski definition) is 2. The van der Waals surface area contributed by atoms with Gasteiger partial charge in [-0.05, 0) is 12.1 Å². The molecule has 0 radical (unpaired) electrons. The van der Waals surface area contributed by atoms with Crippen LogP contribution in [0.1, 0.15) is 9.67 Å². The summed E-state index contributed by atoms with van der Waals surface area (Å²) < 4.78 is 65.5. The topological polar surface area (TPSA) is 17.1 Å². The molecular weight excluding hydrogens is 275 g/mol. The van der Waals surface area contributed by atoms with Gasteiger partial charge in [0.2, 0.25) is 5.82 Å². The van der Waals surface area contributed by atoms with Gasteiger partial charge < -0.3 is 0 Å². The highest BCUT2D eigenvalue weighted by molar-refractivity contribution is 7.17. The van der Waals surface area contributed by atoms with Crippen molar-refractivity contribution in [3.05, 3.63) is 46.1 Å². The van der Waals surface area contributed by atoms with Gasteiger partial charge in [0, 0.05) is 4.88 Å². The molecule has 0 saturated carbocycles. The maximum Gasteiger partial charge on any atom is 0.200 e. The van der Waals surface area contributed by atoms with Crippen molar-refractivity contribution in [2.45, 2.75) is 0 Å². The van der Waals surface area contributed by atoms with E-state index in [0.717, 1.165) is 6.07 Å². The Morgan fingerprint density at radius 1 is 0.833 bits per heavy atom. The van der Waals surface area contributed by atoms with Crippen LogP contribution in [0.5, 0.6) is 0 Å². The lowest BCUT2D eigenvalue weighted by Crippen LogP contribution is -2.03. The van der Waals surface area contributed by atoms with Gasteiger partial charge in [0.25, 0.3) is 0 Å². The average Bonchev–Trinajstić information content (AvgIpc) is 2.83. The average molecular weight is 278 g/mol. The first-order chi connectivity index (χ1) is 8.47. The van der Waals surface area contributed by atoms with Crippen molar-refractivity contribution in [2.24, 2.45) is 0 Å². The molecule has 0 saturated heterocycles. The van der Waals surface area contributed by atoms with Gasteiger partial charge >= 0.3 is 0 Å². The van der Waals surface area contributed by atoms with Gasteiger partial charge in [-0.2, -0.15) is 0 Å². The normalized spacial score (nSPS) is 10.7. The van der Waals surface area contributed by atoms with Crippen LogP contribution in [0.25, 0.3) is 10.4 Å². The molecule has 1 aromatic carbocycles. The Morgan fingerprint density at radius 2 is 1.33 bits per heavy atom. The van der Waals surface area contributed by atoms with E-state index in [2.05, 4.69) is 0 Å². The molecule has 94 valence electrons. The van der Waals surface area contributed by atoms with Gasteiger partial charge in [-0.15, -0.1) is 11.3 Å². The number of carbonyl (C=O) groups is 1. The molecule has 0 unspecified atom stereocenters. The van der Waals surface area contributed by atoms with E-state index in [4.69, 9.17) is 0 Å². The summed E-state index contributed by atoms with van der Waals surface area (Å²) in [6.07, 6.45) is 0.417. The zero-order chi connectivity index (χ0) is 13.4. The number of hydrogen-bond donors (Lipinski definition) is 0. The van der Waals surface area contributed by atoms with Gasteiger partial charge in [-0.3, -0.25) is 4.79 Å². The van der Waals surface area contributed by atoms with Crippen molar-refractivity contribution in [3.63, 3.8) is 0 Å². The molecule has 0 atom stereocenters. The lowest BCUT2D eigenvalue weighted by Gasteiger charge is -2.05. The van der Waals surface area contributed by atoms with E-state index in [1.54, 1.807) is 0 Å². The molecule has 0 aliphatic rings. The van der Waals surface area contributed by atoms with Crippen LogP contribution in [0.2, 0.25) is 0 Å². The molecule has 7 heteroatoms. The lowest BCUT2D eigenvalue weighted by molar-refractivity contribution is 0.112. The predicted octanol–water partition coefficient (Wildman–Crippen LogP) is 3.92. The summed E-state index contributed by atoms with van der Waals surface area (Å²) in [7, 11) is 0. The van der Waals surface area contributed by atoms with E-state index >= 15 is 0 Å². The number of thiophene rings is 1. The fraction of sp³-hybridized carbons (Fsp3) is 0. The molecule has 0 amide bonds. The zero-order valence-corrected chi connectivity index (χ0v) is 9.25. The van der Waals surface area contributed by atoms with Gasteiger partial charge in [0.15, 0.2) is 29.6 Å². The van der Waals surface area contributed by atoms with Gasteiger partial charge in [0.05, 0.1) is 10.4 Å². The highest BCUT2D eigenvalue weighted by Crippen LogP contribution is 2.35. The molecule has 2 rings (SSSR count). The number of rotatable bonds is 2. The van der Waals surface area contributed by atoms with Crippen LogP contribution < -0.4 is 0 Å². The second kappa shape index (κ2) is 4.49. The smallest absolute Gasteiger partial charge is 0.200 e. The van der Waals surface area contributed by atoms with E-state index in [0.29, 0.717) is 17.6 Å². The standard InChI is InChI=1S/C11H3F5OS/c12-7-6(5-2-1-4(3-17)18-5)8(13)10(15)11(16)9(7)14/h1-3H. The second-order valence-electron chi connectivity index (χ2n) is 3.26. The minimum absolute atomic E-state index is 0.119. The largest absolute Gasteiger partial charge is 0.297 e. The summed E-state index contributed by atoms with van der Waals surface area (Å²) in [6.45, 7) is 0. The molecule has 1 nitrogen and oxygen atoms in total. The molecule has 1 aromatic heterocycles. The summed E-state index contributed by atoms with van der Waals surface area (Å²) in [5.74, 6) is -10.0. The highest BCUT2D eigenvalue weighted by Gasteiger charge is 2.27. The van der Waals surface area contributed by atoms with Crippen LogP contribution in [0, 0.1) is 29.1 Å². The third-order valence-corrected chi connectivity index (χ3v) is 3.23. The first-order valence-corrected chi connectivity index (χ1v) is 5.35. The molecule has 0 bridgehead atoms. The first kappa shape index (κ1) is 12.7. The maximum atomic E-state index is 13.4. The summed E-state index contributed by atoms with van der Waals surface area (Å²) in [5.41, 5.74) is -1.02. The summed E-state index contributed by atoms with van der Waals surface area (Å²) >= 11 is 0.634. The zero-order valence-electron chi connectivity index (χ0n) is 8.44. The number of halogens is 5. The third kappa shape index (κ3) is 1.80. The van der Waals surface area contributed by atoms with E-state index < -0.39 is 34.6 Å². The Hall–Kier alpha value is -1.76. The highest BCUT2D eigenvalue weighted by atomic mass is 32.1. The van der Waals surface area contributed by atoms with Gasteiger partial charge in [-0.25, -0.2) is 22.0 Å². The molecule has 0 aliphatic heterocycles. The SMILES string of the molecule is O=Cc1ccc(-c2c(F)c(F)c(F)c(F)c2F)s1. The van der Waals surface area contributed by atoms with Crippen LogP contribution in [-0.4, -0.2) is 6.29 Å². The Labute approximate surface area is 101 Å². The molecule has 18 heavy (non-hydrogen) atoms. The maximum absolute atomic E-state index is 13.4. The molecule has 0 N–H and O–H groups in total. The van der Waals surface area contributed by atoms with E-state index in [1.165, 1.54) is 6.07 Å². The number of aldehydes is 1. The minimum Gasteiger partial charge on any atom is -0.297 e. The fourth-order valence-electron chi connectivity index (χ4n) is 1.37. The quantitative estimate of drug-likeness (QED) is 0.352. The van der Waals surface area contributed by atoms with Crippen LogP contribution in [-0.2, 0) is 0 Å². The minimum atomic E-state index is -2.21. The van der Waals surface area contributed by atoms with Crippen molar-refractivity contribution >= 4 is 17.6 Å². The van der Waals surface area contributed by atoms with Crippen LogP contribution >= 0.6 is 11.3 Å². The summed E-state index contributed by atoms with van der Waals surface area (Å²) in [5, 5.41) is 0. The van der Waals surface area contributed by atoms with E-state index in [1.807, 2.05) is 0 Å².